The Kier molecular flexibility index (Phi) is 2.36. The maximum absolute atomic E-state index is 6.30. The fourth-order valence-corrected chi connectivity index (χ4v) is 2.85. The lowest BCUT2D eigenvalue weighted by Crippen LogP contribution is -1.94. The third kappa shape index (κ3) is 1.65. The lowest BCUT2D eigenvalue weighted by molar-refractivity contribution is 0.505. The van der Waals surface area contributed by atoms with Crippen LogP contribution in [0.15, 0.2) is 47.0 Å². The van der Waals surface area contributed by atoms with Crippen molar-refractivity contribution in [3.05, 3.63) is 54.1 Å². The minimum Gasteiger partial charge on any atom is -0.466 e. The highest BCUT2D eigenvalue weighted by Crippen LogP contribution is 2.33. The van der Waals surface area contributed by atoms with Crippen molar-refractivity contribution in [2.75, 3.05) is 5.73 Å². The molecule has 2 N–H and O–H groups in total. The van der Waals surface area contributed by atoms with Gasteiger partial charge in [0.2, 0.25) is 0 Å². The van der Waals surface area contributed by atoms with Crippen LogP contribution in [-0.2, 0) is 0 Å². The van der Waals surface area contributed by atoms with Gasteiger partial charge in [-0.1, -0.05) is 24.3 Å². The Morgan fingerprint density at radius 1 is 1.14 bits per heavy atom. The first-order valence-electron chi connectivity index (χ1n) is 6.88. The highest BCUT2D eigenvalue weighted by molar-refractivity contribution is 5.96. The summed E-state index contributed by atoms with van der Waals surface area (Å²) < 4.78 is 7.53. The second-order valence-corrected chi connectivity index (χ2v) is 5.27. The summed E-state index contributed by atoms with van der Waals surface area (Å²) >= 11 is 0. The van der Waals surface area contributed by atoms with Crippen molar-refractivity contribution in [1.82, 2.24) is 9.38 Å². The molecule has 0 saturated heterocycles. The molecule has 4 nitrogen and oxygen atoms in total. The first-order chi connectivity index (χ1) is 10.1. The number of anilines is 1. The zero-order valence-corrected chi connectivity index (χ0v) is 11.9. The summed E-state index contributed by atoms with van der Waals surface area (Å²) in [7, 11) is 0. The molecule has 0 aliphatic heterocycles. The predicted molar refractivity (Wildman–Crippen MR) is 84.3 cm³/mol. The van der Waals surface area contributed by atoms with E-state index >= 15 is 0 Å². The van der Waals surface area contributed by atoms with Gasteiger partial charge in [0.25, 0.3) is 0 Å². The van der Waals surface area contributed by atoms with Crippen LogP contribution >= 0.6 is 0 Å². The van der Waals surface area contributed by atoms with E-state index in [0.29, 0.717) is 5.82 Å². The van der Waals surface area contributed by atoms with Crippen molar-refractivity contribution < 1.29 is 4.42 Å². The molecule has 3 aromatic heterocycles. The molecular formula is C17H15N3O. The highest BCUT2D eigenvalue weighted by Gasteiger charge is 2.17. The Balaban J connectivity index is 2.10. The van der Waals surface area contributed by atoms with E-state index in [-0.39, 0.29) is 0 Å². The molecule has 0 aliphatic rings. The van der Waals surface area contributed by atoms with Crippen LogP contribution in [0.4, 0.5) is 5.82 Å². The number of aryl methyl sites for hydroxylation is 2. The number of aromatic nitrogens is 2. The van der Waals surface area contributed by atoms with Crippen LogP contribution in [0, 0.1) is 13.8 Å². The minimum atomic E-state index is 0.639. The van der Waals surface area contributed by atoms with Gasteiger partial charge >= 0.3 is 0 Å². The number of hydrogen-bond acceptors (Lipinski definition) is 3. The normalized spacial score (nSPS) is 11.5. The number of fused-ring (bicyclic) bond motifs is 3. The van der Waals surface area contributed by atoms with Gasteiger partial charge in [-0.2, -0.15) is 0 Å². The zero-order chi connectivity index (χ0) is 14.6. The maximum Gasteiger partial charge on any atom is 0.147 e. The van der Waals surface area contributed by atoms with Crippen LogP contribution in [-0.4, -0.2) is 9.38 Å². The molecule has 0 bridgehead atoms. The van der Waals surface area contributed by atoms with Gasteiger partial charge in [-0.15, -0.1) is 0 Å². The Morgan fingerprint density at radius 3 is 2.71 bits per heavy atom. The molecule has 0 fully saturated rings. The van der Waals surface area contributed by atoms with Crippen molar-refractivity contribution in [3.63, 3.8) is 0 Å². The van der Waals surface area contributed by atoms with Crippen molar-refractivity contribution in [2.24, 2.45) is 0 Å². The summed E-state index contributed by atoms with van der Waals surface area (Å²) in [5.74, 6) is 2.34. The number of pyridine rings is 1. The van der Waals surface area contributed by atoms with Gasteiger partial charge in [0.05, 0.1) is 0 Å². The van der Waals surface area contributed by atoms with Gasteiger partial charge in [-0.3, -0.25) is 4.40 Å². The molecular weight excluding hydrogens is 262 g/mol. The Hall–Kier alpha value is -2.75. The molecule has 0 aliphatic carbocycles. The van der Waals surface area contributed by atoms with Gasteiger partial charge in [-0.05, 0) is 31.4 Å². The van der Waals surface area contributed by atoms with Gasteiger partial charge < -0.3 is 10.2 Å². The molecule has 0 amide bonds. The number of nitrogens with two attached hydrogens (primary N) is 1. The quantitative estimate of drug-likeness (QED) is 0.573. The minimum absolute atomic E-state index is 0.639. The largest absolute Gasteiger partial charge is 0.466 e. The number of nitrogens with zero attached hydrogens (tertiary/aromatic N) is 2. The molecule has 4 heteroatoms. The standard InChI is InChI=1S/C17H15N3O/c1-10-9-14(11(2)21-10)15-16(18)20-8-7-12-5-3-4-6-13(12)17(20)19-15/h3-9H,18H2,1-2H3. The first-order valence-corrected chi connectivity index (χ1v) is 6.88. The lowest BCUT2D eigenvalue weighted by atomic mass is 10.2. The average molecular weight is 277 g/mol. The second kappa shape index (κ2) is 4.12. The smallest absolute Gasteiger partial charge is 0.147 e. The van der Waals surface area contributed by atoms with E-state index in [1.165, 1.54) is 0 Å². The van der Waals surface area contributed by atoms with Gasteiger partial charge in [0, 0.05) is 17.1 Å². The summed E-state index contributed by atoms with van der Waals surface area (Å²) in [4.78, 5) is 4.76. The van der Waals surface area contributed by atoms with E-state index in [0.717, 1.165) is 39.2 Å². The summed E-state index contributed by atoms with van der Waals surface area (Å²) in [5, 5.41) is 2.25. The van der Waals surface area contributed by atoms with E-state index in [9.17, 15) is 0 Å². The Bertz CT molecular complexity index is 978. The number of benzene rings is 1. The molecule has 0 spiro atoms. The van der Waals surface area contributed by atoms with Crippen molar-refractivity contribution in [2.45, 2.75) is 13.8 Å². The molecule has 21 heavy (non-hydrogen) atoms. The molecule has 0 radical (unpaired) electrons. The summed E-state index contributed by atoms with van der Waals surface area (Å²) in [5.41, 5.74) is 8.91. The molecule has 4 aromatic rings. The SMILES string of the molecule is Cc1cc(-c2nc3c4ccccc4ccn3c2N)c(C)o1. The fraction of sp³-hybridized carbons (Fsp3) is 0.118. The van der Waals surface area contributed by atoms with E-state index < -0.39 is 0 Å². The Morgan fingerprint density at radius 2 is 1.95 bits per heavy atom. The van der Waals surface area contributed by atoms with Crippen LogP contribution in [0.3, 0.4) is 0 Å². The van der Waals surface area contributed by atoms with Crippen LogP contribution in [0.5, 0.6) is 0 Å². The first kappa shape index (κ1) is 12.0. The van der Waals surface area contributed by atoms with E-state index in [1.54, 1.807) is 0 Å². The highest BCUT2D eigenvalue weighted by atomic mass is 16.3. The van der Waals surface area contributed by atoms with Gasteiger partial charge in [0.1, 0.15) is 28.7 Å². The predicted octanol–water partition coefficient (Wildman–Crippen LogP) is 3.95. The van der Waals surface area contributed by atoms with Gasteiger partial charge in [0.15, 0.2) is 0 Å². The van der Waals surface area contributed by atoms with Crippen molar-refractivity contribution in [1.29, 1.82) is 0 Å². The van der Waals surface area contributed by atoms with Crippen LogP contribution in [0.25, 0.3) is 27.7 Å². The third-order valence-corrected chi connectivity index (χ3v) is 3.85. The zero-order valence-electron chi connectivity index (χ0n) is 11.9. The fourth-order valence-electron chi connectivity index (χ4n) is 2.85. The van der Waals surface area contributed by atoms with E-state index in [1.807, 2.05) is 42.6 Å². The number of rotatable bonds is 1. The van der Waals surface area contributed by atoms with Crippen molar-refractivity contribution in [3.8, 4) is 11.3 Å². The average Bonchev–Trinajstić information content (AvgIpc) is 2.99. The number of imidazole rings is 1. The summed E-state index contributed by atoms with van der Waals surface area (Å²) in [6, 6.07) is 12.2. The van der Waals surface area contributed by atoms with E-state index in [2.05, 4.69) is 18.2 Å². The molecule has 104 valence electrons. The van der Waals surface area contributed by atoms with Crippen molar-refractivity contribution >= 4 is 22.2 Å². The summed E-state index contributed by atoms with van der Waals surface area (Å²) in [6.45, 7) is 3.86. The maximum atomic E-state index is 6.30. The molecule has 0 unspecified atom stereocenters. The Labute approximate surface area is 121 Å². The number of furan rings is 1. The lowest BCUT2D eigenvalue weighted by Gasteiger charge is -2.00. The monoisotopic (exact) mass is 277 g/mol. The molecule has 1 aromatic carbocycles. The molecule has 4 rings (SSSR count). The van der Waals surface area contributed by atoms with Crippen LogP contribution < -0.4 is 5.73 Å². The molecule has 0 atom stereocenters. The number of hydrogen-bond donors (Lipinski definition) is 1. The van der Waals surface area contributed by atoms with Crippen LogP contribution in [0.2, 0.25) is 0 Å². The van der Waals surface area contributed by atoms with Gasteiger partial charge in [-0.25, -0.2) is 4.98 Å². The number of nitrogen functional groups attached to an aromatic ring is 1. The third-order valence-electron chi connectivity index (χ3n) is 3.85. The molecule has 0 saturated carbocycles. The molecule has 3 heterocycles. The second-order valence-electron chi connectivity index (χ2n) is 5.27. The topological polar surface area (TPSA) is 56.5 Å². The summed E-state index contributed by atoms with van der Waals surface area (Å²) in [6.07, 6.45) is 1.96. The van der Waals surface area contributed by atoms with E-state index in [4.69, 9.17) is 15.1 Å². The van der Waals surface area contributed by atoms with Crippen LogP contribution in [0.1, 0.15) is 11.5 Å².